The average Bonchev–Trinajstić information content (AvgIpc) is 3.08. The van der Waals surface area contributed by atoms with E-state index in [2.05, 4.69) is 36.4 Å². The third-order valence-corrected chi connectivity index (χ3v) is 4.70. The smallest absolute Gasteiger partial charge is 0.312 e. The van der Waals surface area contributed by atoms with Crippen molar-refractivity contribution in [1.29, 1.82) is 0 Å². The van der Waals surface area contributed by atoms with E-state index in [0.717, 1.165) is 0 Å². The molecule has 1 N–H and O–H groups in total. The SMILES string of the molecule is O=C(CN1CCN(c2ncc(Br)cc2[N+](=O)[O-])CC1)Nc1nncs1. The Bertz CT molecular complexity index is 765. The Balaban J connectivity index is 1.57. The Hall–Kier alpha value is -2.18. The monoisotopic (exact) mass is 427 g/mol. The van der Waals surface area contributed by atoms with E-state index in [1.54, 1.807) is 11.7 Å². The molecular formula is C13H14BrN7O3S. The molecule has 1 aliphatic heterocycles. The number of nitro groups is 1. The Morgan fingerprint density at radius 3 is 2.80 bits per heavy atom. The average molecular weight is 428 g/mol. The van der Waals surface area contributed by atoms with Crippen molar-refractivity contribution >= 4 is 49.8 Å². The van der Waals surface area contributed by atoms with Crippen molar-refractivity contribution in [2.24, 2.45) is 0 Å². The summed E-state index contributed by atoms with van der Waals surface area (Å²) in [6, 6.07) is 1.45. The minimum absolute atomic E-state index is 0.0307. The zero-order valence-corrected chi connectivity index (χ0v) is 15.4. The first-order valence-corrected chi connectivity index (χ1v) is 9.03. The van der Waals surface area contributed by atoms with Crippen molar-refractivity contribution in [2.75, 3.05) is 42.9 Å². The van der Waals surface area contributed by atoms with Gasteiger partial charge in [-0.3, -0.25) is 25.1 Å². The van der Waals surface area contributed by atoms with Crippen LogP contribution in [0.5, 0.6) is 0 Å². The summed E-state index contributed by atoms with van der Waals surface area (Å²) in [7, 11) is 0. The molecule has 2 aromatic rings. The standard InChI is InChI=1S/C13H14BrN7O3S/c14-9-5-10(21(23)24)12(15-6-9)20-3-1-19(2-4-20)7-11(22)17-13-18-16-8-25-13/h5-6,8H,1-4,7H2,(H,17,18,22). The second-order valence-corrected chi connectivity index (χ2v) is 7.06. The summed E-state index contributed by atoms with van der Waals surface area (Å²) in [5.41, 5.74) is 1.52. The van der Waals surface area contributed by atoms with Gasteiger partial charge in [-0.1, -0.05) is 11.3 Å². The molecule has 25 heavy (non-hydrogen) atoms. The van der Waals surface area contributed by atoms with Gasteiger partial charge in [-0.15, -0.1) is 10.2 Å². The normalized spacial score (nSPS) is 15.2. The van der Waals surface area contributed by atoms with Gasteiger partial charge in [-0.05, 0) is 15.9 Å². The number of rotatable bonds is 5. The summed E-state index contributed by atoms with van der Waals surface area (Å²) in [6.07, 6.45) is 1.55. The van der Waals surface area contributed by atoms with Crippen molar-refractivity contribution in [1.82, 2.24) is 20.1 Å². The molecule has 132 valence electrons. The Labute approximate surface area is 155 Å². The minimum Gasteiger partial charge on any atom is -0.348 e. The number of piperazine rings is 1. The number of anilines is 2. The third kappa shape index (κ3) is 4.46. The van der Waals surface area contributed by atoms with E-state index in [9.17, 15) is 14.9 Å². The maximum atomic E-state index is 12.0. The molecule has 0 saturated carbocycles. The van der Waals surface area contributed by atoms with Crippen LogP contribution in [0.3, 0.4) is 0 Å². The molecule has 2 aromatic heterocycles. The molecule has 0 unspecified atom stereocenters. The Kier molecular flexibility index (Phi) is 5.50. The van der Waals surface area contributed by atoms with Crippen LogP contribution in [-0.4, -0.2) is 63.6 Å². The zero-order chi connectivity index (χ0) is 17.8. The lowest BCUT2D eigenvalue weighted by Crippen LogP contribution is -2.49. The van der Waals surface area contributed by atoms with Gasteiger partial charge in [-0.25, -0.2) is 4.98 Å². The summed E-state index contributed by atoms with van der Waals surface area (Å²) in [4.78, 5) is 30.8. The fourth-order valence-electron chi connectivity index (χ4n) is 2.51. The van der Waals surface area contributed by atoms with Gasteiger partial charge in [0.25, 0.3) is 0 Å². The van der Waals surface area contributed by atoms with Crippen LogP contribution >= 0.6 is 27.3 Å². The van der Waals surface area contributed by atoms with Gasteiger partial charge < -0.3 is 4.90 Å². The van der Waals surface area contributed by atoms with Gasteiger partial charge in [0.1, 0.15) is 5.51 Å². The van der Waals surface area contributed by atoms with Crippen LogP contribution < -0.4 is 10.2 Å². The number of aromatic nitrogens is 3. The maximum absolute atomic E-state index is 12.0. The molecule has 0 radical (unpaired) electrons. The number of carbonyl (C=O) groups is 1. The fraction of sp³-hybridized carbons (Fsp3) is 0.385. The number of hydrogen-bond acceptors (Lipinski definition) is 9. The van der Waals surface area contributed by atoms with E-state index < -0.39 is 4.92 Å². The largest absolute Gasteiger partial charge is 0.348 e. The van der Waals surface area contributed by atoms with Crippen molar-refractivity contribution < 1.29 is 9.72 Å². The van der Waals surface area contributed by atoms with E-state index in [0.29, 0.717) is 41.6 Å². The highest BCUT2D eigenvalue weighted by atomic mass is 79.9. The second kappa shape index (κ2) is 7.80. The van der Waals surface area contributed by atoms with Crippen molar-refractivity contribution in [2.45, 2.75) is 0 Å². The highest BCUT2D eigenvalue weighted by molar-refractivity contribution is 9.10. The van der Waals surface area contributed by atoms with E-state index in [4.69, 9.17) is 0 Å². The molecule has 1 saturated heterocycles. The van der Waals surface area contributed by atoms with Crippen LogP contribution in [-0.2, 0) is 4.79 Å². The molecule has 0 spiro atoms. The molecule has 3 rings (SSSR count). The Morgan fingerprint density at radius 2 is 2.16 bits per heavy atom. The van der Waals surface area contributed by atoms with Gasteiger partial charge in [0, 0.05) is 42.9 Å². The predicted octanol–water partition coefficient (Wildman–Crippen LogP) is 1.36. The van der Waals surface area contributed by atoms with Gasteiger partial charge in [0.05, 0.1) is 11.5 Å². The van der Waals surface area contributed by atoms with Crippen LogP contribution in [0.1, 0.15) is 0 Å². The molecule has 0 bridgehead atoms. The number of carbonyl (C=O) groups excluding carboxylic acids is 1. The lowest BCUT2D eigenvalue weighted by molar-refractivity contribution is -0.384. The number of halogens is 1. The third-order valence-electron chi connectivity index (χ3n) is 3.66. The summed E-state index contributed by atoms with van der Waals surface area (Å²) in [6.45, 7) is 2.57. The first-order chi connectivity index (χ1) is 12.0. The topological polar surface area (TPSA) is 117 Å². The molecule has 0 aliphatic carbocycles. The van der Waals surface area contributed by atoms with E-state index >= 15 is 0 Å². The lowest BCUT2D eigenvalue weighted by atomic mass is 10.2. The molecule has 3 heterocycles. The molecule has 0 atom stereocenters. The number of amides is 1. The second-order valence-electron chi connectivity index (χ2n) is 5.31. The summed E-state index contributed by atoms with van der Waals surface area (Å²) < 4.78 is 0.565. The van der Waals surface area contributed by atoms with Crippen LogP contribution in [0.25, 0.3) is 0 Å². The number of nitrogens with one attached hydrogen (secondary N) is 1. The molecule has 1 fully saturated rings. The number of nitrogens with zero attached hydrogens (tertiary/aromatic N) is 6. The van der Waals surface area contributed by atoms with Crippen molar-refractivity contribution in [3.63, 3.8) is 0 Å². The summed E-state index contributed by atoms with van der Waals surface area (Å²) in [5.74, 6) is 0.198. The molecular weight excluding hydrogens is 414 g/mol. The summed E-state index contributed by atoms with van der Waals surface area (Å²) >= 11 is 4.46. The van der Waals surface area contributed by atoms with Crippen molar-refractivity contribution in [3.05, 3.63) is 32.4 Å². The van der Waals surface area contributed by atoms with Gasteiger partial charge >= 0.3 is 5.69 Å². The van der Waals surface area contributed by atoms with Gasteiger partial charge in [-0.2, -0.15) is 0 Å². The minimum atomic E-state index is -0.436. The van der Waals surface area contributed by atoms with E-state index in [-0.39, 0.29) is 18.1 Å². The first kappa shape index (κ1) is 17.6. The molecule has 1 aliphatic rings. The predicted molar refractivity (Wildman–Crippen MR) is 95.8 cm³/mol. The number of pyridine rings is 1. The van der Waals surface area contributed by atoms with Crippen molar-refractivity contribution in [3.8, 4) is 0 Å². The number of hydrogen-bond donors (Lipinski definition) is 1. The maximum Gasteiger partial charge on any atom is 0.312 e. The fourth-order valence-corrected chi connectivity index (χ4v) is 3.29. The van der Waals surface area contributed by atoms with E-state index in [1.807, 2.05) is 9.80 Å². The van der Waals surface area contributed by atoms with E-state index in [1.165, 1.54) is 17.4 Å². The lowest BCUT2D eigenvalue weighted by Gasteiger charge is -2.34. The first-order valence-electron chi connectivity index (χ1n) is 7.36. The molecule has 0 aromatic carbocycles. The molecule has 12 heteroatoms. The van der Waals surface area contributed by atoms with Crippen LogP contribution in [0.4, 0.5) is 16.6 Å². The quantitative estimate of drug-likeness (QED) is 0.561. The van der Waals surface area contributed by atoms with Crippen LogP contribution in [0.2, 0.25) is 0 Å². The summed E-state index contributed by atoms with van der Waals surface area (Å²) in [5, 5.41) is 21.8. The van der Waals surface area contributed by atoms with Gasteiger partial charge in [0.2, 0.25) is 16.9 Å². The highest BCUT2D eigenvalue weighted by Gasteiger charge is 2.26. The molecule has 10 nitrogen and oxygen atoms in total. The van der Waals surface area contributed by atoms with Gasteiger partial charge in [0.15, 0.2) is 0 Å². The molecule has 1 amide bonds. The Morgan fingerprint density at radius 1 is 1.40 bits per heavy atom. The van der Waals surface area contributed by atoms with Crippen LogP contribution in [0, 0.1) is 10.1 Å². The van der Waals surface area contributed by atoms with Crippen LogP contribution in [0.15, 0.2) is 22.2 Å². The zero-order valence-electron chi connectivity index (χ0n) is 13.0. The highest BCUT2D eigenvalue weighted by Crippen LogP contribution is 2.29.